The number of methoxy groups -OCH3 is 1. The van der Waals surface area contributed by atoms with Gasteiger partial charge >= 0.3 is 5.97 Å². The van der Waals surface area contributed by atoms with Crippen LogP contribution in [0.1, 0.15) is 28.2 Å². The van der Waals surface area contributed by atoms with Gasteiger partial charge in [-0.1, -0.05) is 30.3 Å². The Morgan fingerprint density at radius 3 is 2.48 bits per heavy atom. The molecule has 146 valence electrons. The summed E-state index contributed by atoms with van der Waals surface area (Å²) in [6, 6.07) is 16.0. The zero-order valence-electron chi connectivity index (χ0n) is 16.0. The first-order valence-electron chi connectivity index (χ1n) is 9.06. The van der Waals surface area contributed by atoms with Crippen molar-refractivity contribution in [2.45, 2.75) is 12.0 Å². The number of benzene rings is 2. The zero-order valence-corrected chi connectivity index (χ0v) is 16.0. The van der Waals surface area contributed by atoms with Gasteiger partial charge in [0.1, 0.15) is 5.75 Å². The summed E-state index contributed by atoms with van der Waals surface area (Å²) in [5, 5.41) is 0. The quantitative estimate of drug-likeness (QED) is 0.478. The van der Waals surface area contributed by atoms with E-state index in [-0.39, 0.29) is 23.9 Å². The van der Waals surface area contributed by atoms with Gasteiger partial charge in [0.05, 0.1) is 13.5 Å². The molecule has 1 atom stereocenters. The number of ether oxygens (including phenoxy) is 2. The Morgan fingerprint density at radius 1 is 1.14 bits per heavy atom. The first-order valence-corrected chi connectivity index (χ1v) is 9.06. The molecule has 0 bridgehead atoms. The van der Waals surface area contributed by atoms with Gasteiger partial charge in [-0.15, -0.1) is 0 Å². The Kier molecular flexibility index (Phi) is 4.72. The molecular formula is C22H19N3O4. The molecule has 0 saturated heterocycles. The predicted molar refractivity (Wildman–Crippen MR) is 106 cm³/mol. The normalized spacial score (nSPS) is 18.3. The van der Waals surface area contributed by atoms with E-state index in [1.165, 1.54) is 0 Å². The number of cyclic esters (lactones) is 1. The van der Waals surface area contributed by atoms with Gasteiger partial charge in [-0.2, -0.15) is 0 Å². The topological polar surface area (TPSA) is 82.8 Å². The highest BCUT2D eigenvalue weighted by atomic mass is 16.6. The molecule has 2 heterocycles. The lowest BCUT2D eigenvalue weighted by molar-refractivity contribution is -0.139. The lowest BCUT2D eigenvalue weighted by Gasteiger charge is -2.21. The molecular weight excluding hydrogens is 370 g/mol. The number of imidazole rings is 1. The first kappa shape index (κ1) is 18.6. The number of Topliss-reactive ketones (excluding diaryl/α,β-unsaturated/α-hetero) is 1. The fourth-order valence-corrected chi connectivity index (χ4v) is 3.33. The second-order valence-corrected chi connectivity index (χ2v) is 6.72. The van der Waals surface area contributed by atoms with Crippen LogP contribution in [-0.4, -0.2) is 34.3 Å². The number of aromatic nitrogens is 2. The minimum Gasteiger partial charge on any atom is -0.497 e. The molecule has 1 unspecified atom stereocenters. The molecule has 0 saturated carbocycles. The number of aryl methyl sites for hydroxylation is 1. The van der Waals surface area contributed by atoms with E-state index >= 15 is 0 Å². The number of ketones is 1. The lowest BCUT2D eigenvalue weighted by atomic mass is 9.85. The van der Waals surface area contributed by atoms with E-state index in [2.05, 4.69) is 9.98 Å². The molecule has 7 nitrogen and oxygen atoms in total. The third-order valence-corrected chi connectivity index (χ3v) is 4.89. The van der Waals surface area contributed by atoms with Gasteiger partial charge in [0.25, 0.3) is 0 Å². The standard InChI is InChI=1S/C22H19N3O4/c1-25-13-12-23-19(25)18(26)14-22(16-6-4-3-5-7-16)21(27)29-20(24-22)15-8-10-17(28-2)11-9-15/h3-13H,14H2,1-2H3. The van der Waals surface area contributed by atoms with E-state index < -0.39 is 11.5 Å². The third kappa shape index (κ3) is 3.31. The average molecular weight is 389 g/mol. The molecule has 2 aromatic carbocycles. The van der Waals surface area contributed by atoms with Crippen LogP contribution in [0, 0.1) is 0 Å². The molecule has 3 aromatic rings. The molecule has 0 aliphatic carbocycles. The van der Waals surface area contributed by atoms with Gasteiger partial charge in [0.2, 0.25) is 11.7 Å². The van der Waals surface area contributed by atoms with Gasteiger partial charge in [-0.25, -0.2) is 14.8 Å². The van der Waals surface area contributed by atoms with Crippen LogP contribution in [0.3, 0.4) is 0 Å². The Balaban J connectivity index is 1.77. The maximum Gasteiger partial charge on any atom is 0.346 e. The summed E-state index contributed by atoms with van der Waals surface area (Å²) in [6.45, 7) is 0. The van der Waals surface area contributed by atoms with Gasteiger partial charge in [0, 0.05) is 25.0 Å². The van der Waals surface area contributed by atoms with Crippen LogP contribution < -0.4 is 4.74 Å². The van der Waals surface area contributed by atoms with Crippen LogP contribution in [0.5, 0.6) is 5.75 Å². The van der Waals surface area contributed by atoms with Gasteiger partial charge in [0.15, 0.2) is 11.4 Å². The predicted octanol–water partition coefficient (Wildman–Crippen LogP) is 2.90. The van der Waals surface area contributed by atoms with Crippen LogP contribution in [0.25, 0.3) is 0 Å². The molecule has 0 amide bonds. The Labute approximate surface area is 167 Å². The van der Waals surface area contributed by atoms with Crippen LogP contribution >= 0.6 is 0 Å². The molecule has 0 radical (unpaired) electrons. The van der Waals surface area contributed by atoms with Crippen molar-refractivity contribution < 1.29 is 19.1 Å². The van der Waals surface area contributed by atoms with Crippen molar-refractivity contribution in [2.75, 3.05) is 7.11 Å². The molecule has 7 heteroatoms. The number of rotatable bonds is 6. The number of aliphatic imine (C=N–C) groups is 1. The SMILES string of the molecule is COc1ccc(C2=NC(CC(=O)c3nccn3C)(c3ccccc3)C(=O)O2)cc1. The van der Waals surface area contributed by atoms with Crippen LogP contribution in [-0.2, 0) is 22.1 Å². The number of hydrogen-bond donors (Lipinski definition) is 0. The summed E-state index contributed by atoms with van der Waals surface area (Å²) in [7, 11) is 3.31. The van der Waals surface area contributed by atoms with E-state index in [4.69, 9.17) is 9.47 Å². The number of hydrogen-bond acceptors (Lipinski definition) is 6. The second kappa shape index (κ2) is 7.35. The van der Waals surface area contributed by atoms with Gasteiger partial charge < -0.3 is 14.0 Å². The highest BCUT2D eigenvalue weighted by molar-refractivity contribution is 6.10. The van der Waals surface area contributed by atoms with E-state index in [0.717, 1.165) is 0 Å². The fraction of sp³-hybridized carbons (Fsp3) is 0.182. The Hall–Kier alpha value is -3.74. The van der Waals surface area contributed by atoms with E-state index in [9.17, 15) is 9.59 Å². The minimum atomic E-state index is -1.46. The smallest absolute Gasteiger partial charge is 0.346 e. The van der Waals surface area contributed by atoms with Crippen molar-refractivity contribution in [2.24, 2.45) is 12.0 Å². The molecule has 1 aromatic heterocycles. The average Bonchev–Trinajstić information content (AvgIpc) is 3.32. The van der Waals surface area contributed by atoms with Crippen molar-refractivity contribution in [1.82, 2.24) is 9.55 Å². The molecule has 0 N–H and O–H groups in total. The third-order valence-electron chi connectivity index (χ3n) is 4.89. The molecule has 1 aliphatic heterocycles. The molecule has 0 spiro atoms. The molecule has 4 rings (SSSR count). The summed E-state index contributed by atoms with van der Waals surface area (Å²) in [5.74, 6) is 0.239. The van der Waals surface area contributed by atoms with E-state index in [0.29, 0.717) is 16.9 Å². The highest BCUT2D eigenvalue weighted by Crippen LogP contribution is 2.38. The number of nitrogens with zero attached hydrogens (tertiary/aromatic N) is 3. The number of carbonyl (C=O) groups excluding carboxylic acids is 2. The maximum absolute atomic E-state index is 13.1. The second-order valence-electron chi connectivity index (χ2n) is 6.72. The number of esters is 1. The van der Waals surface area contributed by atoms with Crippen molar-refractivity contribution in [1.29, 1.82) is 0 Å². The van der Waals surface area contributed by atoms with Crippen molar-refractivity contribution in [3.63, 3.8) is 0 Å². The fourth-order valence-electron chi connectivity index (χ4n) is 3.33. The number of carbonyl (C=O) groups is 2. The lowest BCUT2D eigenvalue weighted by Crippen LogP contribution is -2.34. The molecule has 0 fully saturated rings. The summed E-state index contributed by atoms with van der Waals surface area (Å²) in [4.78, 5) is 34.7. The largest absolute Gasteiger partial charge is 0.497 e. The van der Waals surface area contributed by atoms with Gasteiger partial charge in [-0.05, 0) is 29.8 Å². The Morgan fingerprint density at radius 2 is 1.86 bits per heavy atom. The summed E-state index contributed by atoms with van der Waals surface area (Å²) >= 11 is 0. The van der Waals surface area contributed by atoms with Gasteiger partial charge in [-0.3, -0.25) is 4.79 Å². The van der Waals surface area contributed by atoms with Crippen molar-refractivity contribution in [3.8, 4) is 5.75 Å². The summed E-state index contributed by atoms with van der Waals surface area (Å²) in [5.41, 5.74) is -0.239. The van der Waals surface area contributed by atoms with Crippen molar-refractivity contribution in [3.05, 3.63) is 83.9 Å². The monoisotopic (exact) mass is 389 g/mol. The first-order chi connectivity index (χ1) is 14.0. The molecule has 29 heavy (non-hydrogen) atoms. The van der Waals surface area contributed by atoms with E-state index in [1.54, 1.807) is 79.6 Å². The summed E-state index contributed by atoms with van der Waals surface area (Å²) < 4.78 is 12.3. The minimum absolute atomic E-state index is 0.175. The zero-order chi connectivity index (χ0) is 20.4. The van der Waals surface area contributed by atoms with E-state index in [1.807, 2.05) is 6.07 Å². The van der Waals surface area contributed by atoms with Crippen molar-refractivity contribution >= 4 is 17.7 Å². The highest BCUT2D eigenvalue weighted by Gasteiger charge is 2.49. The Bertz CT molecular complexity index is 1090. The van der Waals surface area contributed by atoms with Crippen LogP contribution in [0.2, 0.25) is 0 Å². The molecule has 1 aliphatic rings. The summed E-state index contributed by atoms with van der Waals surface area (Å²) in [6.07, 6.45) is 3.04. The van der Waals surface area contributed by atoms with Crippen LogP contribution in [0.4, 0.5) is 0 Å². The van der Waals surface area contributed by atoms with Crippen LogP contribution in [0.15, 0.2) is 72.0 Å². The maximum atomic E-state index is 13.1.